The van der Waals surface area contributed by atoms with E-state index in [0.717, 1.165) is 42.8 Å². The number of rotatable bonds is 4. The fraction of sp³-hybridized carbons (Fsp3) is 0.529. The molecule has 1 amide bonds. The van der Waals surface area contributed by atoms with Crippen molar-refractivity contribution in [1.29, 1.82) is 0 Å². The van der Waals surface area contributed by atoms with E-state index in [1.807, 2.05) is 33.7 Å². The Morgan fingerprint density at radius 1 is 1.32 bits per heavy atom. The van der Waals surface area contributed by atoms with E-state index in [4.69, 9.17) is 0 Å². The van der Waals surface area contributed by atoms with Gasteiger partial charge in [-0.1, -0.05) is 19.1 Å². The van der Waals surface area contributed by atoms with E-state index in [0.29, 0.717) is 18.9 Å². The van der Waals surface area contributed by atoms with Crippen LogP contribution in [0.15, 0.2) is 24.3 Å². The molecule has 0 unspecified atom stereocenters. The van der Waals surface area contributed by atoms with Gasteiger partial charge in [0, 0.05) is 19.5 Å². The van der Waals surface area contributed by atoms with Crippen LogP contribution in [0, 0.1) is 5.92 Å². The van der Waals surface area contributed by atoms with Crippen molar-refractivity contribution in [3.8, 4) is 0 Å². The molecular weight excluding hydrogens is 278 g/mol. The number of carbonyl (C=O) groups excluding carboxylic acids is 1. The average molecular weight is 301 g/mol. The summed E-state index contributed by atoms with van der Waals surface area (Å²) in [6.45, 7) is 4.29. The second-order valence-electron chi connectivity index (χ2n) is 6.14. The van der Waals surface area contributed by atoms with E-state index < -0.39 is 0 Å². The number of imidazole rings is 1. The molecule has 118 valence electrons. The van der Waals surface area contributed by atoms with E-state index in [1.54, 1.807) is 0 Å². The summed E-state index contributed by atoms with van der Waals surface area (Å²) in [7, 11) is 0. The number of carbonyl (C=O) groups is 1. The van der Waals surface area contributed by atoms with Crippen molar-refractivity contribution in [2.24, 2.45) is 5.92 Å². The Labute approximate surface area is 130 Å². The summed E-state index contributed by atoms with van der Waals surface area (Å²) < 4.78 is 1.95. The first kappa shape index (κ1) is 15.0. The second-order valence-corrected chi connectivity index (χ2v) is 6.14. The van der Waals surface area contributed by atoms with Gasteiger partial charge in [0.25, 0.3) is 0 Å². The zero-order chi connectivity index (χ0) is 15.5. The SMILES string of the molecule is CC1CCN(C(=O)Cn2c(CCO)nc3ccccc32)CC1. The van der Waals surface area contributed by atoms with E-state index in [2.05, 4.69) is 11.9 Å². The van der Waals surface area contributed by atoms with Crippen molar-refractivity contribution < 1.29 is 9.90 Å². The number of aliphatic hydroxyl groups is 1. The number of para-hydroxylation sites is 2. The smallest absolute Gasteiger partial charge is 0.242 e. The maximum atomic E-state index is 12.6. The number of hydrogen-bond acceptors (Lipinski definition) is 3. The van der Waals surface area contributed by atoms with Crippen molar-refractivity contribution in [3.63, 3.8) is 0 Å². The minimum absolute atomic E-state index is 0.0404. The second kappa shape index (κ2) is 6.48. The molecule has 0 spiro atoms. The average Bonchev–Trinajstić information content (AvgIpc) is 2.86. The summed E-state index contributed by atoms with van der Waals surface area (Å²) >= 11 is 0. The molecule has 2 aromatic rings. The molecule has 1 aromatic heterocycles. The molecule has 0 bridgehead atoms. The maximum Gasteiger partial charge on any atom is 0.242 e. The summed E-state index contributed by atoms with van der Waals surface area (Å²) in [6.07, 6.45) is 2.64. The molecule has 5 nitrogen and oxygen atoms in total. The van der Waals surface area contributed by atoms with Gasteiger partial charge in [0.15, 0.2) is 0 Å². The van der Waals surface area contributed by atoms with E-state index >= 15 is 0 Å². The summed E-state index contributed by atoms with van der Waals surface area (Å²) in [5.74, 6) is 1.64. The number of amides is 1. The van der Waals surface area contributed by atoms with Crippen molar-refractivity contribution in [3.05, 3.63) is 30.1 Å². The highest BCUT2D eigenvalue weighted by atomic mass is 16.3. The van der Waals surface area contributed by atoms with Crippen LogP contribution in [0.1, 0.15) is 25.6 Å². The van der Waals surface area contributed by atoms with Crippen LogP contribution in [0.4, 0.5) is 0 Å². The van der Waals surface area contributed by atoms with Crippen molar-refractivity contribution in [2.75, 3.05) is 19.7 Å². The quantitative estimate of drug-likeness (QED) is 0.937. The Kier molecular flexibility index (Phi) is 4.43. The zero-order valence-electron chi connectivity index (χ0n) is 13.0. The maximum absolute atomic E-state index is 12.6. The van der Waals surface area contributed by atoms with Gasteiger partial charge in [0.1, 0.15) is 12.4 Å². The number of piperidine rings is 1. The van der Waals surface area contributed by atoms with E-state index in [9.17, 15) is 9.90 Å². The van der Waals surface area contributed by atoms with Crippen LogP contribution in [0.25, 0.3) is 11.0 Å². The molecule has 1 aromatic carbocycles. The highest BCUT2D eigenvalue weighted by molar-refractivity contribution is 5.81. The van der Waals surface area contributed by atoms with Crippen LogP contribution >= 0.6 is 0 Å². The van der Waals surface area contributed by atoms with Gasteiger partial charge in [-0.3, -0.25) is 4.79 Å². The fourth-order valence-corrected chi connectivity index (χ4v) is 3.09. The van der Waals surface area contributed by atoms with Gasteiger partial charge < -0.3 is 14.6 Å². The van der Waals surface area contributed by atoms with Crippen LogP contribution in [-0.2, 0) is 17.8 Å². The van der Waals surface area contributed by atoms with Gasteiger partial charge in [-0.2, -0.15) is 0 Å². The highest BCUT2D eigenvalue weighted by Gasteiger charge is 2.22. The molecule has 0 radical (unpaired) electrons. The van der Waals surface area contributed by atoms with E-state index in [-0.39, 0.29) is 12.5 Å². The van der Waals surface area contributed by atoms with Gasteiger partial charge in [-0.25, -0.2) is 4.98 Å². The number of benzene rings is 1. The van der Waals surface area contributed by atoms with E-state index in [1.165, 1.54) is 0 Å². The Morgan fingerprint density at radius 2 is 2.05 bits per heavy atom. The lowest BCUT2D eigenvalue weighted by atomic mass is 9.99. The standard InChI is InChI=1S/C17H23N3O2/c1-13-6-9-19(10-7-13)17(22)12-20-15-5-3-2-4-14(15)18-16(20)8-11-21/h2-5,13,21H,6-12H2,1H3. The Morgan fingerprint density at radius 3 is 2.77 bits per heavy atom. The summed E-state index contributed by atoms with van der Waals surface area (Å²) in [6, 6.07) is 7.82. The molecule has 0 saturated carbocycles. The van der Waals surface area contributed by atoms with Gasteiger partial charge >= 0.3 is 0 Å². The topological polar surface area (TPSA) is 58.4 Å². The van der Waals surface area contributed by atoms with Gasteiger partial charge in [0.2, 0.25) is 5.91 Å². The number of aromatic nitrogens is 2. The normalized spacial score (nSPS) is 16.4. The van der Waals surface area contributed by atoms with Crippen LogP contribution in [-0.4, -0.2) is 45.2 Å². The third kappa shape index (κ3) is 2.99. The molecule has 5 heteroatoms. The molecule has 2 heterocycles. The molecule has 3 rings (SSSR count). The summed E-state index contributed by atoms with van der Waals surface area (Å²) in [4.78, 5) is 19.1. The first-order chi connectivity index (χ1) is 10.7. The largest absolute Gasteiger partial charge is 0.396 e. The lowest BCUT2D eigenvalue weighted by Crippen LogP contribution is -2.40. The van der Waals surface area contributed by atoms with Crippen molar-refractivity contribution in [1.82, 2.24) is 14.5 Å². The molecule has 1 aliphatic rings. The lowest BCUT2D eigenvalue weighted by molar-refractivity contribution is -0.133. The summed E-state index contributed by atoms with van der Waals surface area (Å²) in [5, 5.41) is 9.23. The molecule has 1 saturated heterocycles. The first-order valence-corrected chi connectivity index (χ1v) is 8.02. The Bertz CT molecular complexity index is 657. The third-order valence-corrected chi connectivity index (χ3v) is 4.50. The number of aliphatic hydroxyl groups excluding tert-OH is 1. The fourth-order valence-electron chi connectivity index (χ4n) is 3.09. The number of likely N-dealkylation sites (tertiary alicyclic amines) is 1. The summed E-state index contributed by atoms with van der Waals surface area (Å²) in [5.41, 5.74) is 1.84. The molecular formula is C17H23N3O2. The number of hydrogen-bond donors (Lipinski definition) is 1. The third-order valence-electron chi connectivity index (χ3n) is 4.50. The molecule has 1 fully saturated rings. The number of nitrogens with zero attached hydrogens (tertiary/aromatic N) is 3. The van der Waals surface area contributed by atoms with Gasteiger partial charge in [0.05, 0.1) is 17.6 Å². The van der Waals surface area contributed by atoms with Crippen LogP contribution in [0.5, 0.6) is 0 Å². The van der Waals surface area contributed by atoms with Crippen molar-refractivity contribution >= 4 is 16.9 Å². The Balaban J connectivity index is 1.83. The first-order valence-electron chi connectivity index (χ1n) is 8.02. The minimum atomic E-state index is 0.0404. The molecule has 1 aliphatic heterocycles. The minimum Gasteiger partial charge on any atom is -0.396 e. The monoisotopic (exact) mass is 301 g/mol. The highest BCUT2D eigenvalue weighted by Crippen LogP contribution is 2.19. The Hall–Kier alpha value is -1.88. The van der Waals surface area contributed by atoms with Crippen LogP contribution < -0.4 is 0 Å². The molecule has 0 atom stereocenters. The van der Waals surface area contributed by atoms with Crippen LogP contribution in [0.3, 0.4) is 0 Å². The predicted octanol–water partition coefficient (Wildman–Crippen LogP) is 1.83. The molecule has 22 heavy (non-hydrogen) atoms. The van der Waals surface area contributed by atoms with Crippen LogP contribution in [0.2, 0.25) is 0 Å². The number of fused-ring (bicyclic) bond motifs is 1. The van der Waals surface area contributed by atoms with Gasteiger partial charge in [-0.05, 0) is 30.9 Å². The van der Waals surface area contributed by atoms with Crippen molar-refractivity contribution in [2.45, 2.75) is 32.7 Å². The molecule has 1 N–H and O–H groups in total. The molecule has 0 aliphatic carbocycles. The lowest BCUT2D eigenvalue weighted by Gasteiger charge is -2.30. The van der Waals surface area contributed by atoms with Gasteiger partial charge in [-0.15, -0.1) is 0 Å². The predicted molar refractivity (Wildman–Crippen MR) is 85.5 cm³/mol. The zero-order valence-corrected chi connectivity index (χ0v) is 13.0.